The third-order valence-electron chi connectivity index (χ3n) is 2.98. The van der Waals surface area contributed by atoms with E-state index < -0.39 is 0 Å². The van der Waals surface area contributed by atoms with Gasteiger partial charge in [0.05, 0.1) is 6.20 Å². The number of nitrogens with two attached hydrogens (primary N) is 1. The van der Waals surface area contributed by atoms with E-state index in [1.54, 1.807) is 4.68 Å². The van der Waals surface area contributed by atoms with E-state index in [1.807, 2.05) is 25.5 Å². The summed E-state index contributed by atoms with van der Waals surface area (Å²) in [6.07, 6.45) is 7.05. The lowest BCUT2D eigenvalue weighted by Gasteiger charge is -2.08. The molecule has 1 aromatic heterocycles. The van der Waals surface area contributed by atoms with Crippen molar-refractivity contribution in [2.75, 3.05) is 0 Å². The van der Waals surface area contributed by atoms with Gasteiger partial charge < -0.3 is 5.73 Å². The highest BCUT2D eigenvalue weighted by atomic mass is 15.2. The quantitative estimate of drug-likeness (QED) is 0.855. The molecule has 0 radical (unpaired) electrons. The fraction of sp³-hybridized carbons (Fsp3) is 0.357. The summed E-state index contributed by atoms with van der Waals surface area (Å²) in [6.45, 7) is 0. The Balaban J connectivity index is 1.79. The van der Waals surface area contributed by atoms with Gasteiger partial charge in [0.25, 0.3) is 0 Å². The molecule has 17 heavy (non-hydrogen) atoms. The molecule has 90 valence electrons. The van der Waals surface area contributed by atoms with Gasteiger partial charge in [0.15, 0.2) is 0 Å². The molecule has 1 atom stereocenters. The summed E-state index contributed by atoms with van der Waals surface area (Å²) in [5.41, 5.74) is 8.63. The minimum absolute atomic E-state index is 0.104. The molecule has 3 nitrogen and oxygen atoms in total. The maximum absolute atomic E-state index is 6.12. The van der Waals surface area contributed by atoms with Gasteiger partial charge in [-0.3, -0.25) is 4.68 Å². The van der Waals surface area contributed by atoms with Crippen molar-refractivity contribution < 1.29 is 0 Å². The Bertz CT molecular complexity index is 448. The molecule has 0 saturated heterocycles. The summed E-state index contributed by atoms with van der Waals surface area (Å²) in [5, 5.41) is 4.14. The molecule has 0 aliphatic carbocycles. The second-order valence-corrected chi connectivity index (χ2v) is 4.43. The number of hydrogen-bond donors (Lipinski definition) is 1. The number of aromatic nitrogens is 2. The van der Waals surface area contributed by atoms with Crippen LogP contribution in [0.5, 0.6) is 0 Å². The van der Waals surface area contributed by atoms with Gasteiger partial charge in [-0.15, -0.1) is 0 Å². The largest absolute Gasteiger partial charge is 0.324 e. The molecule has 0 spiro atoms. The Morgan fingerprint density at radius 1 is 1.29 bits per heavy atom. The predicted molar refractivity (Wildman–Crippen MR) is 69.5 cm³/mol. The summed E-state index contributed by atoms with van der Waals surface area (Å²) in [7, 11) is 1.92. The van der Waals surface area contributed by atoms with Crippen LogP contribution in [0.25, 0.3) is 0 Å². The van der Waals surface area contributed by atoms with Gasteiger partial charge in [-0.1, -0.05) is 30.3 Å². The molecule has 1 heterocycles. The van der Waals surface area contributed by atoms with Gasteiger partial charge in [-0.25, -0.2) is 0 Å². The van der Waals surface area contributed by atoms with Crippen LogP contribution in [-0.4, -0.2) is 9.78 Å². The summed E-state index contributed by atoms with van der Waals surface area (Å²) in [5.74, 6) is 0. The topological polar surface area (TPSA) is 43.8 Å². The highest BCUT2D eigenvalue weighted by Crippen LogP contribution is 2.16. The van der Waals surface area contributed by atoms with Gasteiger partial charge in [0, 0.05) is 24.8 Å². The molecule has 0 fully saturated rings. The van der Waals surface area contributed by atoms with E-state index in [9.17, 15) is 0 Å². The molecular formula is C14H19N3. The van der Waals surface area contributed by atoms with Crippen LogP contribution in [0, 0.1) is 0 Å². The average Bonchev–Trinajstić information content (AvgIpc) is 2.77. The minimum Gasteiger partial charge on any atom is -0.324 e. The third kappa shape index (κ3) is 3.43. The van der Waals surface area contributed by atoms with Crippen molar-refractivity contribution in [2.45, 2.75) is 25.3 Å². The lowest BCUT2D eigenvalue weighted by Crippen LogP contribution is -2.09. The van der Waals surface area contributed by atoms with Crippen LogP contribution >= 0.6 is 0 Å². The van der Waals surface area contributed by atoms with Crippen molar-refractivity contribution in [1.29, 1.82) is 0 Å². The van der Waals surface area contributed by atoms with Crippen LogP contribution in [0.4, 0.5) is 0 Å². The first-order valence-corrected chi connectivity index (χ1v) is 6.04. The molecule has 2 N–H and O–H groups in total. The maximum atomic E-state index is 6.12. The van der Waals surface area contributed by atoms with Gasteiger partial charge in [0.2, 0.25) is 0 Å². The second-order valence-electron chi connectivity index (χ2n) is 4.43. The van der Waals surface area contributed by atoms with E-state index >= 15 is 0 Å². The zero-order valence-corrected chi connectivity index (χ0v) is 10.2. The Labute approximate surface area is 102 Å². The van der Waals surface area contributed by atoms with Crippen molar-refractivity contribution in [3.63, 3.8) is 0 Å². The summed E-state index contributed by atoms with van der Waals surface area (Å²) >= 11 is 0. The highest BCUT2D eigenvalue weighted by Gasteiger charge is 2.07. The first kappa shape index (κ1) is 11.9. The standard InChI is InChI=1S/C14H19N3/c1-17-11-13(10-16-17)14(15)9-5-8-12-6-3-2-4-7-12/h2-4,6-7,10-11,14H,5,8-9,15H2,1H3. The molecule has 2 aromatic rings. The zero-order valence-electron chi connectivity index (χ0n) is 10.2. The van der Waals surface area contributed by atoms with Crippen LogP contribution < -0.4 is 5.73 Å². The average molecular weight is 229 g/mol. The molecule has 0 aliphatic rings. The van der Waals surface area contributed by atoms with Crippen molar-refractivity contribution in [2.24, 2.45) is 12.8 Å². The highest BCUT2D eigenvalue weighted by molar-refractivity contribution is 5.15. The smallest absolute Gasteiger partial charge is 0.0537 e. The Morgan fingerprint density at radius 2 is 2.06 bits per heavy atom. The molecule has 0 amide bonds. The van der Waals surface area contributed by atoms with Crippen molar-refractivity contribution >= 4 is 0 Å². The molecular weight excluding hydrogens is 210 g/mol. The van der Waals surface area contributed by atoms with E-state index in [1.165, 1.54) is 5.56 Å². The van der Waals surface area contributed by atoms with Crippen LogP contribution in [-0.2, 0) is 13.5 Å². The Hall–Kier alpha value is -1.61. The van der Waals surface area contributed by atoms with Gasteiger partial charge in [-0.2, -0.15) is 5.10 Å². The molecule has 2 rings (SSSR count). The first-order chi connectivity index (χ1) is 8.25. The Kier molecular flexibility index (Phi) is 3.94. The normalized spacial score (nSPS) is 12.6. The summed E-state index contributed by atoms with van der Waals surface area (Å²) in [6, 6.07) is 10.6. The zero-order chi connectivity index (χ0) is 12.1. The van der Waals surface area contributed by atoms with E-state index in [4.69, 9.17) is 5.73 Å². The van der Waals surface area contributed by atoms with E-state index in [0.717, 1.165) is 24.8 Å². The fourth-order valence-electron chi connectivity index (χ4n) is 1.97. The first-order valence-electron chi connectivity index (χ1n) is 6.04. The monoisotopic (exact) mass is 229 g/mol. The Morgan fingerprint density at radius 3 is 2.71 bits per heavy atom. The van der Waals surface area contributed by atoms with E-state index in [-0.39, 0.29) is 6.04 Å². The fourth-order valence-corrected chi connectivity index (χ4v) is 1.97. The number of aryl methyl sites for hydroxylation is 2. The number of benzene rings is 1. The van der Waals surface area contributed by atoms with Crippen LogP contribution in [0.1, 0.15) is 30.0 Å². The number of nitrogens with zero attached hydrogens (tertiary/aromatic N) is 2. The lowest BCUT2D eigenvalue weighted by molar-refractivity contribution is 0.611. The molecule has 0 aliphatic heterocycles. The van der Waals surface area contributed by atoms with Crippen molar-refractivity contribution in [3.8, 4) is 0 Å². The number of rotatable bonds is 5. The van der Waals surface area contributed by atoms with Crippen LogP contribution in [0.3, 0.4) is 0 Å². The molecule has 0 saturated carbocycles. The SMILES string of the molecule is Cn1cc(C(N)CCCc2ccccc2)cn1. The van der Waals surface area contributed by atoms with Gasteiger partial charge in [-0.05, 0) is 24.8 Å². The van der Waals surface area contributed by atoms with Crippen LogP contribution in [0.15, 0.2) is 42.7 Å². The van der Waals surface area contributed by atoms with E-state index in [2.05, 4.69) is 29.4 Å². The van der Waals surface area contributed by atoms with E-state index in [0.29, 0.717) is 0 Å². The minimum atomic E-state index is 0.104. The lowest BCUT2D eigenvalue weighted by atomic mass is 10.0. The van der Waals surface area contributed by atoms with Gasteiger partial charge >= 0.3 is 0 Å². The predicted octanol–water partition coefficient (Wildman–Crippen LogP) is 2.44. The molecule has 1 unspecified atom stereocenters. The van der Waals surface area contributed by atoms with Crippen molar-refractivity contribution in [3.05, 3.63) is 53.9 Å². The molecule has 3 heteroatoms. The third-order valence-corrected chi connectivity index (χ3v) is 2.98. The molecule has 1 aromatic carbocycles. The van der Waals surface area contributed by atoms with Gasteiger partial charge in [0.1, 0.15) is 0 Å². The molecule has 0 bridgehead atoms. The second kappa shape index (κ2) is 5.64. The number of hydrogen-bond acceptors (Lipinski definition) is 2. The summed E-state index contributed by atoms with van der Waals surface area (Å²) < 4.78 is 1.80. The van der Waals surface area contributed by atoms with Crippen molar-refractivity contribution in [1.82, 2.24) is 9.78 Å². The summed E-state index contributed by atoms with van der Waals surface area (Å²) in [4.78, 5) is 0. The maximum Gasteiger partial charge on any atom is 0.0537 e. The van der Waals surface area contributed by atoms with Crippen LogP contribution in [0.2, 0.25) is 0 Å².